The Morgan fingerprint density at radius 1 is 1.53 bits per heavy atom. The Balaban J connectivity index is 2.32. The Labute approximate surface area is 107 Å². The maximum Gasteiger partial charge on any atom is 0.103 e. The number of ether oxygens (including phenoxy) is 1. The van der Waals surface area contributed by atoms with Crippen LogP contribution in [0.25, 0.3) is 0 Å². The number of nitrogens with zero attached hydrogens (tertiary/aromatic N) is 2. The maximum absolute atomic E-state index is 9.17. The molecule has 0 unspecified atom stereocenters. The molecule has 1 fully saturated rings. The van der Waals surface area contributed by atoms with Crippen LogP contribution in [0, 0.1) is 11.3 Å². The molecule has 1 aromatic carbocycles. The molecule has 0 spiro atoms. The van der Waals surface area contributed by atoms with Crippen molar-refractivity contribution in [1.82, 2.24) is 0 Å². The van der Waals surface area contributed by atoms with Crippen LogP contribution in [0.2, 0.25) is 5.02 Å². The summed E-state index contributed by atoms with van der Waals surface area (Å²) >= 11 is 6.05. The van der Waals surface area contributed by atoms with Crippen LogP contribution in [-0.4, -0.2) is 25.8 Å². The molecule has 1 saturated heterocycles. The molecule has 0 aromatic heterocycles. The van der Waals surface area contributed by atoms with Crippen molar-refractivity contribution in [2.24, 2.45) is 0 Å². The standard InChI is InChI=1S/C13H15ClN2O/c1-10-9-16(6-3-7-17-10)13-5-2-4-12(14)11(13)8-15/h2,4-5,10H,3,6-7,9H2,1H3/t10-/m0/s1. The van der Waals surface area contributed by atoms with Gasteiger partial charge < -0.3 is 9.64 Å². The molecule has 4 heteroatoms. The van der Waals surface area contributed by atoms with Crippen LogP contribution in [0.1, 0.15) is 18.9 Å². The third-order valence-electron chi connectivity index (χ3n) is 2.90. The second-order valence-corrected chi connectivity index (χ2v) is 4.63. The maximum atomic E-state index is 9.17. The van der Waals surface area contributed by atoms with Crippen LogP contribution in [0.4, 0.5) is 5.69 Å². The van der Waals surface area contributed by atoms with Gasteiger partial charge in [0.15, 0.2) is 0 Å². The molecule has 0 aliphatic carbocycles. The quantitative estimate of drug-likeness (QED) is 0.769. The van der Waals surface area contributed by atoms with Gasteiger partial charge in [-0.25, -0.2) is 0 Å². The second kappa shape index (κ2) is 5.39. The summed E-state index contributed by atoms with van der Waals surface area (Å²) in [6.45, 7) is 4.53. The summed E-state index contributed by atoms with van der Waals surface area (Å²) in [6, 6.07) is 7.76. The number of hydrogen-bond acceptors (Lipinski definition) is 3. The van der Waals surface area contributed by atoms with Crippen LogP contribution >= 0.6 is 11.6 Å². The lowest BCUT2D eigenvalue weighted by molar-refractivity contribution is 0.0821. The summed E-state index contributed by atoms with van der Waals surface area (Å²) in [4.78, 5) is 2.18. The fourth-order valence-electron chi connectivity index (χ4n) is 2.10. The van der Waals surface area contributed by atoms with E-state index in [0.29, 0.717) is 10.6 Å². The van der Waals surface area contributed by atoms with Crippen LogP contribution < -0.4 is 4.90 Å². The highest BCUT2D eigenvalue weighted by molar-refractivity contribution is 6.32. The van der Waals surface area contributed by atoms with E-state index in [2.05, 4.69) is 17.9 Å². The third kappa shape index (κ3) is 2.71. The van der Waals surface area contributed by atoms with Gasteiger partial charge in [-0.3, -0.25) is 0 Å². The molecule has 0 bridgehead atoms. The first-order chi connectivity index (χ1) is 8.22. The molecule has 1 atom stereocenters. The van der Waals surface area contributed by atoms with E-state index in [9.17, 15) is 5.26 Å². The molecule has 0 N–H and O–H groups in total. The number of halogens is 1. The summed E-state index contributed by atoms with van der Waals surface area (Å²) in [7, 11) is 0. The van der Waals surface area contributed by atoms with Crippen molar-refractivity contribution in [2.75, 3.05) is 24.6 Å². The predicted molar refractivity (Wildman–Crippen MR) is 68.4 cm³/mol. The molecule has 17 heavy (non-hydrogen) atoms. The van der Waals surface area contributed by atoms with Gasteiger partial charge in [-0.15, -0.1) is 0 Å². The average Bonchev–Trinajstić information content (AvgIpc) is 2.53. The molecule has 90 valence electrons. The summed E-state index contributed by atoms with van der Waals surface area (Å²) in [5.74, 6) is 0. The van der Waals surface area contributed by atoms with Gasteiger partial charge in [0.1, 0.15) is 6.07 Å². The molecular formula is C13H15ClN2O. The van der Waals surface area contributed by atoms with Gasteiger partial charge in [-0.05, 0) is 25.5 Å². The minimum absolute atomic E-state index is 0.183. The first-order valence-electron chi connectivity index (χ1n) is 5.77. The normalized spacial score (nSPS) is 20.8. The van der Waals surface area contributed by atoms with E-state index in [4.69, 9.17) is 16.3 Å². The molecular weight excluding hydrogens is 236 g/mol. The molecule has 1 aliphatic heterocycles. The Morgan fingerprint density at radius 3 is 3.12 bits per heavy atom. The molecule has 3 nitrogen and oxygen atoms in total. The van der Waals surface area contributed by atoms with E-state index in [1.54, 1.807) is 6.07 Å². The molecule has 0 radical (unpaired) electrons. The number of hydrogen-bond donors (Lipinski definition) is 0. The Bertz CT molecular complexity index is 442. The second-order valence-electron chi connectivity index (χ2n) is 4.23. The van der Waals surface area contributed by atoms with Gasteiger partial charge in [-0.1, -0.05) is 17.7 Å². The Kier molecular flexibility index (Phi) is 3.88. The van der Waals surface area contributed by atoms with Crippen LogP contribution in [0.15, 0.2) is 18.2 Å². The molecule has 0 saturated carbocycles. The lowest BCUT2D eigenvalue weighted by Gasteiger charge is -2.25. The Morgan fingerprint density at radius 2 is 2.35 bits per heavy atom. The number of anilines is 1. The highest BCUT2D eigenvalue weighted by atomic mass is 35.5. The zero-order valence-corrected chi connectivity index (χ0v) is 10.6. The number of nitriles is 1. The lowest BCUT2D eigenvalue weighted by atomic mass is 10.1. The number of benzene rings is 1. The molecule has 2 rings (SSSR count). The molecule has 1 aliphatic rings. The largest absolute Gasteiger partial charge is 0.377 e. The summed E-state index contributed by atoms with van der Waals surface area (Å²) in [5.41, 5.74) is 1.47. The van der Waals surface area contributed by atoms with Gasteiger partial charge in [0.2, 0.25) is 0 Å². The van der Waals surface area contributed by atoms with Gasteiger partial charge in [0.05, 0.1) is 22.4 Å². The van der Waals surface area contributed by atoms with Crippen molar-refractivity contribution >= 4 is 17.3 Å². The SMILES string of the molecule is C[C@H]1CN(c2cccc(Cl)c2C#N)CCCO1. The zero-order valence-electron chi connectivity index (χ0n) is 9.82. The van der Waals surface area contributed by atoms with E-state index >= 15 is 0 Å². The van der Waals surface area contributed by atoms with Crippen molar-refractivity contribution in [1.29, 1.82) is 5.26 Å². The van der Waals surface area contributed by atoms with Crippen LogP contribution in [0.3, 0.4) is 0 Å². The van der Waals surface area contributed by atoms with E-state index in [1.807, 2.05) is 12.1 Å². The van der Waals surface area contributed by atoms with Crippen LogP contribution in [-0.2, 0) is 4.74 Å². The van der Waals surface area contributed by atoms with Crippen molar-refractivity contribution in [2.45, 2.75) is 19.4 Å². The monoisotopic (exact) mass is 250 g/mol. The number of rotatable bonds is 1. The summed E-state index contributed by atoms with van der Waals surface area (Å²) < 4.78 is 5.60. The molecule has 1 aromatic rings. The van der Waals surface area contributed by atoms with E-state index in [0.717, 1.165) is 31.8 Å². The predicted octanol–water partition coefficient (Wildman–Crippen LogP) is 2.83. The fourth-order valence-corrected chi connectivity index (χ4v) is 2.31. The lowest BCUT2D eigenvalue weighted by Crippen LogP contribution is -2.30. The summed E-state index contributed by atoms with van der Waals surface area (Å²) in [6.07, 6.45) is 1.16. The first-order valence-corrected chi connectivity index (χ1v) is 6.15. The van der Waals surface area contributed by atoms with Gasteiger partial charge in [0, 0.05) is 19.7 Å². The van der Waals surface area contributed by atoms with E-state index in [1.165, 1.54) is 0 Å². The zero-order chi connectivity index (χ0) is 12.3. The van der Waals surface area contributed by atoms with Crippen molar-refractivity contribution in [3.8, 4) is 6.07 Å². The van der Waals surface area contributed by atoms with E-state index in [-0.39, 0.29) is 6.10 Å². The Hall–Kier alpha value is -1.24. The third-order valence-corrected chi connectivity index (χ3v) is 3.21. The fraction of sp³-hybridized carbons (Fsp3) is 0.462. The topological polar surface area (TPSA) is 36.3 Å². The van der Waals surface area contributed by atoms with Crippen molar-refractivity contribution < 1.29 is 4.74 Å². The van der Waals surface area contributed by atoms with Gasteiger partial charge >= 0.3 is 0 Å². The summed E-state index contributed by atoms with van der Waals surface area (Å²) in [5, 5.41) is 9.69. The first kappa shape index (κ1) is 12.2. The van der Waals surface area contributed by atoms with E-state index < -0.39 is 0 Å². The van der Waals surface area contributed by atoms with Gasteiger partial charge in [-0.2, -0.15) is 5.26 Å². The van der Waals surface area contributed by atoms with Crippen molar-refractivity contribution in [3.63, 3.8) is 0 Å². The smallest absolute Gasteiger partial charge is 0.103 e. The minimum Gasteiger partial charge on any atom is -0.377 e. The average molecular weight is 251 g/mol. The van der Waals surface area contributed by atoms with Crippen LogP contribution in [0.5, 0.6) is 0 Å². The molecule has 0 amide bonds. The van der Waals surface area contributed by atoms with Crippen molar-refractivity contribution in [3.05, 3.63) is 28.8 Å². The molecule has 1 heterocycles. The van der Waals surface area contributed by atoms with Gasteiger partial charge in [0.25, 0.3) is 0 Å². The highest BCUT2D eigenvalue weighted by Crippen LogP contribution is 2.27. The minimum atomic E-state index is 0.183. The highest BCUT2D eigenvalue weighted by Gasteiger charge is 2.18.